The molecule has 0 N–H and O–H groups in total. The maximum absolute atomic E-state index is 6.25. The van der Waals surface area contributed by atoms with Crippen LogP contribution in [0.3, 0.4) is 0 Å². The predicted molar refractivity (Wildman–Crippen MR) is 119 cm³/mol. The highest BCUT2D eigenvalue weighted by molar-refractivity contribution is 4.74. The number of rotatable bonds is 14. The molecule has 27 heavy (non-hydrogen) atoms. The van der Waals surface area contributed by atoms with E-state index in [1.54, 1.807) is 0 Å². The van der Waals surface area contributed by atoms with Crippen molar-refractivity contribution in [2.75, 3.05) is 6.61 Å². The summed E-state index contributed by atoms with van der Waals surface area (Å²) in [5, 5.41) is 0. The molecule has 2 saturated carbocycles. The van der Waals surface area contributed by atoms with Crippen LogP contribution in [0.25, 0.3) is 0 Å². The third-order valence-electron chi connectivity index (χ3n) is 7.55. The summed E-state index contributed by atoms with van der Waals surface area (Å²) in [6, 6.07) is 0. The molecule has 1 nitrogen and oxygen atoms in total. The molecule has 0 saturated heterocycles. The second kappa shape index (κ2) is 14.9. The van der Waals surface area contributed by atoms with Gasteiger partial charge >= 0.3 is 0 Å². The first kappa shape index (κ1) is 23.2. The fourth-order valence-corrected chi connectivity index (χ4v) is 5.55. The van der Waals surface area contributed by atoms with Crippen molar-refractivity contribution in [1.82, 2.24) is 0 Å². The second-order valence-corrected chi connectivity index (χ2v) is 9.89. The van der Waals surface area contributed by atoms with E-state index in [2.05, 4.69) is 13.8 Å². The highest BCUT2D eigenvalue weighted by Crippen LogP contribution is 2.34. The van der Waals surface area contributed by atoms with E-state index in [1.165, 1.54) is 122 Å². The molecule has 0 spiro atoms. The average Bonchev–Trinajstić information content (AvgIpc) is 2.71. The minimum absolute atomic E-state index is 0.589. The number of ether oxygens (including phenoxy) is 1. The Morgan fingerprint density at radius 1 is 0.519 bits per heavy atom. The maximum Gasteiger partial charge on any atom is 0.0575 e. The van der Waals surface area contributed by atoms with E-state index in [0.29, 0.717) is 6.10 Å². The highest BCUT2D eigenvalue weighted by atomic mass is 16.5. The molecule has 0 bridgehead atoms. The SMILES string of the molecule is CCCCCCCC1CCC(OCCCC2CCC(CCCC)CC2)CC1. The van der Waals surface area contributed by atoms with Crippen molar-refractivity contribution >= 4 is 0 Å². The molecule has 0 aliphatic heterocycles. The van der Waals surface area contributed by atoms with Crippen molar-refractivity contribution in [2.24, 2.45) is 17.8 Å². The van der Waals surface area contributed by atoms with Gasteiger partial charge in [-0.3, -0.25) is 0 Å². The van der Waals surface area contributed by atoms with Gasteiger partial charge in [0.25, 0.3) is 0 Å². The zero-order chi connectivity index (χ0) is 19.2. The van der Waals surface area contributed by atoms with E-state index in [4.69, 9.17) is 4.74 Å². The number of unbranched alkanes of at least 4 members (excludes halogenated alkanes) is 5. The van der Waals surface area contributed by atoms with Crippen LogP contribution in [0.4, 0.5) is 0 Å². The van der Waals surface area contributed by atoms with Gasteiger partial charge in [-0.25, -0.2) is 0 Å². The highest BCUT2D eigenvalue weighted by Gasteiger charge is 2.22. The van der Waals surface area contributed by atoms with Crippen LogP contribution >= 0.6 is 0 Å². The van der Waals surface area contributed by atoms with E-state index >= 15 is 0 Å². The topological polar surface area (TPSA) is 9.23 Å². The van der Waals surface area contributed by atoms with Crippen LogP contribution in [0.1, 0.15) is 136 Å². The summed E-state index contributed by atoms with van der Waals surface area (Å²) in [5.41, 5.74) is 0. The van der Waals surface area contributed by atoms with Crippen molar-refractivity contribution in [3.63, 3.8) is 0 Å². The molecule has 1 heteroatoms. The van der Waals surface area contributed by atoms with E-state index in [0.717, 1.165) is 24.4 Å². The van der Waals surface area contributed by atoms with Crippen LogP contribution in [-0.2, 0) is 4.74 Å². The zero-order valence-electron chi connectivity index (χ0n) is 18.9. The second-order valence-electron chi connectivity index (χ2n) is 9.89. The first-order valence-electron chi connectivity index (χ1n) is 12.9. The summed E-state index contributed by atoms with van der Waals surface area (Å²) in [7, 11) is 0. The van der Waals surface area contributed by atoms with Gasteiger partial charge in [0.1, 0.15) is 0 Å². The van der Waals surface area contributed by atoms with Crippen LogP contribution < -0.4 is 0 Å². The Labute approximate surface area is 171 Å². The van der Waals surface area contributed by atoms with Gasteiger partial charge in [-0.2, -0.15) is 0 Å². The standard InChI is InChI=1S/C26H50O/c1-3-5-7-8-9-12-24-18-20-26(21-19-24)27-22-10-13-25-16-14-23(15-17-25)11-6-4-2/h23-26H,3-22H2,1-2H3. The molecule has 0 amide bonds. The smallest absolute Gasteiger partial charge is 0.0575 e. The Balaban J connectivity index is 1.41. The number of hydrogen-bond acceptors (Lipinski definition) is 1. The van der Waals surface area contributed by atoms with Crippen molar-refractivity contribution in [3.8, 4) is 0 Å². The quantitative estimate of drug-likeness (QED) is 0.275. The molecule has 2 rings (SSSR count). The Morgan fingerprint density at radius 2 is 1.00 bits per heavy atom. The maximum atomic E-state index is 6.25. The molecule has 0 aromatic rings. The lowest BCUT2D eigenvalue weighted by Gasteiger charge is -2.30. The molecule has 2 fully saturated rings. The Morgan fingerprint density at radius 3 is 1.59 bits per heavy atom. The van der Waals surface area contributed by atoms with Gasteiger partial charge in [-0.05, 0) is 56.3 Å². The molecule has 160 valence electrons. The monoisotopic (exact) mass is 378 g/mol. The Bertz CT molecular complexity index is 323. The molecule has 2 aliphatic rings. The summed E-state index contributed by atoms with van der Waals surface area (Å²) < 4.78 is 6.25. The van der Waals surface area contributed by atoms with E-state index in [9.17, 15) is 0 Å². The third kappa shape index (κ3) is 10.3. The van der Waals surface area contributed by atoms with Crippen LogP contribution in [0.5, 0.6) is 0 Å². The molecule has 2 aliphatic carbocycles. The summed E-state index contributed by atoms with van der Waals surface area (Å²) in [6.07, 6.45) is 27.8. The predicted octanol–water partition coefficient (Wildman–Crippen LogP) is 8.70. The molecule has 0 heterocycles. The fourth-order valence-electron chi connectivity index (χ4n) is 5.55. The Kier molecular flexibility index (Phi) is 12.8. The van der Waals surface area contributed by atoms with Crippen LogP contribution in [0.15, 0.2) is 0 Å². The average molecular weight is 379 g/mol. The van der Waals surface area contributed by atoms with Crippen molar-refractivity contribution in [1.29, 1.82) is 0 Å². The van der Waals surface area contributed by atoms with Gasteiger partial charge in [0.2, 0.25) is 0 Å². The molecular formula is C26H50O. The minimum atomic E-state index is 0.589. The fraction of sp³-hybridized carbons (Fsp3) is 1.00. The minimum Gasteiger partial charge on any atom is -0.378 e. The summed E-state index contributed by atoms with van der Waals surface area (Å²) in [6.45, 7) is 5.66. The van der Waals surface area contributed by atoms with Crippen molar-refractivity contribution in [2.45, 2.75) is 142 Å². The molecule has 0 atom stereocenters. The summed E-state index contributed by atoms with van der Waals surface area (Å²) in [4.78, 5) is 0. The van der Waals surface area contributed by atoms with E-state index < -0.39 is 0 Å². The molecule has 0 aromatic carbocycles. The van der Waals surface area contributed by atoms with Gasteiger partial charge in [-0.15, -0.1) is 0 Å². The van der Waals surface area contributed by atoms with E-state index in [-0.39, 0.29) is 0 Å². The van der Waals surface area contributed by atoms with Gasteiger partial charge in [0.15, 0.2) is 0 Å². The lowest BCUT2D eigenvalue weighted by atomic mass is 9.78. The van der Waals surface area contributed by atoms with Gasteiger partial charge in [0.05, 0.1) is 6.10 Å². The zero-order valence-corrected chi connectivity index (χ0v) is 18.9. The number of hydrogen-bond donors (Lipinski definition) is 0. The van der Waals surface area contributed by atoms with Gasteiger partial charge in [0, 0.05) is 6.61 Å². The Hall–Kier alpha value is -0.0400. The van der Waals surface area contributed by atoms with Crippen molar-refractivity contribution < 1.29 is 4.74 Å². The lowest BCUT2D eigenvalue weighted by Crippen LogP contribution is -2.22. The normalized spacial score (nSPS) is 29.1. The van der Waals surface area contributed by atoms with Gasteiger partial charge in [-0.1, -0.05) is 97.3 Å². The summed E-state index contributed by atoms with van der Waals surface area (Å²) in [5.74, 6) is 3.07. The third-order valence-corrected chi connectivity index (χ3v) is 7.55. The first-order chi connectivity index (χ1) is 13.3. The largest absolute Gasteiger partial charge is 0.378 e. The van der Waals surface area contributed by atoms with Crippen LogP contribution in [0, 0.1) is 17.8 Å². The lowest BCUT2D eigenvalue weighted by molar-refractivity contribution is 0.0131. The molecule has 0 radical (unpaired) electrons. The summed E-state index contributed by atoms with van der Waals surface area (Å²) >= 11 is 0. The molecule has 0 aromatic heterocycles. The van der Waals surface area contributed by atoms with Gasteiger partial charge < -0.3 is 4.74 Å². The molecule has 0 unspecified atom stereocenters. The first-order valence-corrected chi connectivity index (χ1v) is 12.9. The van der Waals surface area contributed by atoms with Crippen LogP contribution in [0.2, 0.25) is 0 Å². The van der Waals surface area contributed by atoms with Crippen molar-refractivity contribution in [3.05, 3.63) is 0 Å². The molecular weight excluding hydrogens is 328 g/mol. The van der Waals surface area contributed by atoms with Crippen LogP contribution in [-0.4, -0.2) is 12.7 Å². The van der Waals surface area contributed by atoms with E-state index in [1.807, 2.05) is 0 Å².